The molecule has 0 spiro atoms. The molecule has 1 aromatic heterocycles. The Bertz CT molecular complexity index is 993. The van der Waals surface area contributed by atoms with Gasteiger partial charge in [-0.25, -0.2) is 9.97 Å². The van der Waals surface area contributed by atoms with Crippen LogP contribution < -0.4 is 16.4 Å². The van der Waals surface area contributed by atoms with Gasteiger partial charge in [0.1, 0.15) is 12.1 Å². The fraction of sp³-hybridized carbons (Fsp3) is 0.227. The number of allylic oxidation sites excluding steroid dienone is 1. The largest absolute Gasteiger partial charge is 0.404 e. The molecule has 28 heavy (non-hydrogen) atoms. The Kier molecular flexibility index (Phi) is 6.70. The maximum absolute atomic E-state index is 5.74. The summed E-state index contributed by atoms with van der Waals surface area (Å²) in [4.78, 5) is 12.8. The number of fused-ring (bicyclic) bond motifs is 1. The van der Waals surface area contributed by atoms with Crippen LogP contribution in [-0.2, 0) is 6.54 Å². The van der Waals surface area contributed by atoms with Crippen molar-refractivity contribution >= 4 is 28.5 Å². The van der Waals surface area contributed by atoms with Crippen LogP contribution in [0.5, 0.6) is 0 Å². The van der Waals surface area contributed by atoms with Gasteiger partial charge in [0, 0.05) is 50.1 Å². The van der Waals surface area contributed by atoms with E-state index in [1.165, 1.54) is 11.1 Å². The molecule has 3 aromatic rings. The Morgan fingerprint density at radius 1 is 1.14 bits per heavy atom. The van der Waals surface area contributed by atoms with Crippen LogP contribution in [0.15, 0.2) is 60.0 Å². The molecule has 3 rings (SSSR count). The molecule has 0 amide bonds. The number of aliphatic imine (C=N–C) groups is 1. The maximum Gasteiger partial charge on any atom is 0.137 e. The minimum Gasteiger partial charge on any atom is -0.404 e. The Balaban J connectivity index is 1.65. The van der Waals surface area contributed by atoms with Gasteiger partial charge in [-0.2, -0.15) is 0 Å². The summed E-state index contributed by atoms with van der Waals surface area (Å²) in [6, 6.07) is 14.5. The Labute approximate surface area is 165 Å². The normalized spacial score (nSPS) is 12.0. The van der Waals surface area contributed by atoms with Crippen molar-refractivity contribution in [3.8, 4) is 0 Å². The first-order chi connectivity index (χ1) is 13.7. The zero-order valence-corrected chi connectivity index (χ0v) is 16.3. The maximum atomic E-state index is 5.74. The van der Waals surface area contributed by atoms with E-state index in [0.717, 1.165) is 47.5 Å². The zero-order valence-electron chi connectivity index (χ0n) is 16.3. The minimum atomic E-state index is 0.762. The second kappa shape index (κ2) is 9.62. The van der Waals surface area contributed by atoms with E-state index in [1.54, 1.807) is 25.8 Å². The van der Waals surface area contributed by atoms with E-state index in [0.29, 0.717) is 0 Å². The summed E-state index contributed by atoms with van der Waals surface area (Å²) in [5, 5.41) is 7.82. The van der Waals surface area contributed by atoms with Crippen LogP contribution in [0.3, 0.4) is 0 Å². The summed E-state index contributed by atoms with van der Waals surface area (Å²) < 4.78 is 0. The standard InChI is InChI=1S/C22H26N6/c1-16-4-3-5-17(10-16)13-25-8-9-26-22-20-11-18(19(12-23)14-24-2)6-7-21(20)27-15-28-22/h3-7,10-12,14-15,25H,8-9,13,23H2,1-2H3,(H,26,27,28). The molecule has 4 N–H and O–H groups in total. The van der Waals surface area contributed by atoms with Crippen molar-refractivity contribution in [3.63, 3.8) is 0 Å². The molecular formula is C22H26N6. The molecule has 0 saturated heterocycles. The first kappa shape index (κ1) is 19.5. The van der Waals surface area contributed by atoms with Gasteiger partial charge >= 0.3 is 0 Å². The van der Waals surface area contributed by atoms with E-state index >= 15 is 0 Å². The van der Waals surface area contributed by atoms with Gasteiger partial charge < -0.3 is 16.4 Å². The van der Waals surface area contributed by atoms with Crippen molar-refractivity contribution in [1.29, 1.82) is 0 Å². The molecule has 144 valence electrons. The predicted octanol–water partition coefficient (Wildman–Crippen LogP) is 3.14. The number of benzene rings is 2. The van der Waals surface area contributed by atoms with Crippen molar-refractivity contribution in [2.45, 2.75) is 13.5 Å². The van der Waals surface area contributed by atoms with Gasteiger partial charge in [0.05, 0.1) is 5.52 Å². The van der Waals surface area contributed by atoms with E-state index in [4.69, 9.17) is 5.73 Å². The lowest BCUT2D eigenvalue weighted by Crippen LogP contribution is -2.22. The molecule has 0 atom stereocenters. The fourth-order valence-corrected chi connectivity index (χ4v) is 3.05. The molecular weight excluding hydrogens is 348 g/mol. The number of anilines is 1. The van der Waals surface area contributed by atoms with Crippen LogP contribution >= 0.6 is 0 Å². The van der Waals surface area contributed by atoms with Crippen molar-refractivity contribution in [2.24, 2.45) is 10.7 Å². The van der Waals surface area contributed by atoms with Crippen molar-refractivity contribution in [3.05, 3.63) is 71.7 Å². The van der Waals surface area contributed by atoms with Crippen LogP contribution in [0.25, 0.3) is 16.5 Å². The van der Waals surface area contributed by atoms with Gasteiger partial charge in [0.2, 0.25) is 0 Å². The molecule has 6 heteroatoms. The van der Waals surface area contributed by atoms with E-state index in [2.05, 4.69) is 56.8 Å². The SMILES string of the molecule is CN=CC(=CN)c1ccc2ncnc(NCCNCc3cccc(C)c3)c2c1. The van der Waals surface area contributed by atoms with Crippen LogP contribution in [-0.4, -0.2) is 36.3 Å². The summed E-state index contributed by atoms with van der Waals surface area (Å²) in [5.41, 5.74) is 11.0. The molecule has 0 aliphatic heterocycles. The van der Waals surface area contributed by atoms with E-state index in [-0.39, 0.29) is 0 Å². The number of aryl methyl sites for hydroxylation is 1. The molecule has 1 heterocycles. The highest BCUT2D eigenvalue weighted by Gasteiger charge is 2.06. The third-order valence-electron chi connectivity index (χ3n) is 4.42. The third-order valence-corrected chi connectivity index (χ3v) is 4.42. The third kappa shape index (κ3) is 4.92. The van der Waals surface area contributed by atoms with Crippen LogP contribution in [0.1, 0.15) is 16.7 Å². The highest BCUT2D eigenvalue weighted by atomic mass is 15.0. The summed E-state index contributed by atoms with van der Waals surface area (Å²) in [6.45, 7) is 4.55. The number of hydrogen-bond donors (Lipinski definition) is 3. The first-order valence-corrected chi connectivity index (χ1v) is 9.30. The highest BCUT2D eigenvalue weighted by Crippen LogP contribution is 2.23. The van der Waals surface area contributed by atoms with Crippen molar-refractivity contribution in [2.75, 3.05) is 25.5 Å². The van der Waals surface area contributed by atoms with Gasteiger partial charge in [-0.05, 0) is 30.2 Å². The summed E-state index contributed by atoms with van der Waals surface area (Å²) in [7, 11) is 1.73. The molecule has 0 saturated carbocycles. The number of nitrogens with zero attached hydrogens (tertiary/aromatic N) is 3. The first-order valence-electron chi connectivity index (χ1n) is 9.30. The van der Waals surface area contributed by atoms with E-state index < -0.39 is 0 Å². The predicted molar refractivity (Wildman–Crippen MR) is 117 cm³/mol. The average molecular weight is 374 g/mol. The Morgan fingerprint density at radius 2 is 2.04 bits per heavy atom. The number of hydrogen-bond acceptors (Lipinski definition) is 6. The van der Waals surface area contributed by atoms with Gasteiger partial charge in [-0.15, -0.1) is 0 Å². The second-order valence-corrected chi connectivity index (χ2v) is 6.56. The Hall–Kier alpha value is -3.25. The number of nitrogens with one attached hydrogen (secondary N) is 2. The van der Waals surface area contributed by atoms with Gasteiger partial charge in [0.15, 0.2) is 0 Å². The molecule has 0 radical (unpaired) electrons. The van der Waals surface area contributed by atoms with Crippen molar-refractivity contribution < 1.29 is 0 Å². The smallest absolute Gasteiger partial charge is 0.137 e. The van der Waals surface area contributed by atoms with E-state index in [9.17, 15) is 0 Å². The number of nitrogens with two attached hydrogens (primary N) is 1. The lowest BCUT2D eigenvalue weighted by Gasteiger charge is -2.11. The molecule has 0 fully saturated rings. The Morgan fingerprint density at radius 3 is 2.82 bits per heavy atom. The van der Waals surface area contributed by atoms with E-state index in [1.807, 2.05) is 18.2 Å². The van der Waals surface area contributed by atoms with Crippen LogP contribution in [0.2, 0.25) is 0 Å². The molecule has 0 bridgehead atoms. The van der Waals surface area contributed by atoms with Crippen molar-refractivity contribution in [1.82, 2.24) is 15.3 Å². The minimum absolute atomic E-state index is 0.762. The summed E-state index contributed by atoms with van der Waals surface area (Å²) in [5.74, 6) is 0.814. The quantitative estimate of drug-likeness (QED) is 0.416. The lowest BCUT2D eigenvalue weighted by atomic mass is 10.1. The summed E-state index contributed by atoms with van der Waals surface area (Å²) in [6.07, 6.45) is 4.88. The molecule has 2 aromatic carbocycles. The second-order valence-electron chi connectivity index (χ2n) is 6.56. The summed E-state index contributed by atoms with van der Waals surface area (Å²) >= 11 is 0. The molecule has 0 aliphatic carbocycles. The monoisotopic (exact) mass is 374 g/mol. The average Bonchev–Trinajstić information content (AvgIpc) is 2.71. The highest BCUT2D eigenvalue weighted by molar-refractivity contribution is 6.10. The molecule has 0 aliphatic rings. The zero-order chi connectivity index (χ0) is 19.8. The number of rotatable bonds is 8. The number of aromatic nitrogens is 2. The van der Waals surface area contributed by atoms with Gasteiger partial charge in [0.25, 0.3) is 0 Å². The van der Waals surface area contributed by atoms with Gasteiger partial charge in [-0.1, -0.05) is 35.9 Å². The van der Waals surface area contributed by atoms with Gasteiger partial charge in [-0.3, -0.25) is 4.99 Å². The van der Waals surface area contributed by atoms with Crippen LogP contribution in [0.4, 0.5) is 5.82 Å². The topological polar surface area (TPSA) is 88.2 Å². The molecule has 0 unspecified atom stereocenters. The lowest BCUT2D eigenvalue weighted by molar-refractivity contribution is 0.706. The van der Waals surface area contributed by atoms with Crippen LogP contribution in [0, 0.1) is 6.92 Å². The fourth-order valence-electron chi connectivity index (χ4n) is 3.05. The molecule has 6 nitrogen and oxygen atoms in total.